The molecule has 0 spiro atoms. The molecule has 2 rings (SSSR count). The Kier molecular flexibility index (Phi) is 5.31. The standard InChI is InChI=1S/C11H15N3O4.ClH/c1-7-5-9(13-18-7)12-10(15)6-14-4-2-3-8(14)11(16)17;/h5,8H,2-4,6H2,1H3,(H,16,17)(H,12,13,15);1H. The lowest BCUT2D eigenvalue weighted by Gasteiger charge is -2.19. The first-order valence-electron chi connectivity index (χ1n) is 5.76. The van der Waals surface area contributed by atoms with Crippen molar-refractivity contribution in [2.75, 3.05) is 18.4 Å². The van der Waals surface area contributed by atoms with Crippen molar-refractivity contribution in [3.05, 3.63) is 11.8 Å². The molecule has 2 heterocycles. The zero-order chi connectivity index (χ0) is 13.1. The Hall–Kier alpha value is -1.60. The number of rotatable bonds is 4. The molecule has 1 aromatic rings. The molecule has 1 aliphatic rings. The van der Waals surface area contributed by atoms with E-state index in [9.17, 15) is 9.59 Å². The Labute approximate surface area is 116 Å². The number of aliphatic carboxylic acids is 1. The van der Waals surface area contributed by atoms with Gasteiger partial charge < -0.3 is 14.9 Å². The van der Waals surface area contributed by atoms with Crippen LogP contribution in [-0.4, -0.2) is 46.2 Å². The fourth-order valence-electron chi connectivity index (χ4n) is 2.09. The number of carboxylic acids is 1. The first kappa shape index (κ1) is 15.5. The average molecular weight is 290 g/mol. The molecule has 1 aliphatic heterocycles. The Morgan fingerprint density at radius 2 is 2.37 bits per heavy atom. The van der Waals surface area contributed by atoms with Crippen molar-refractivity contribution in [2.24, 2.45) is 0 Å². The molecule has 1 saturated heterocycles. The van der Waals surface area contributed by atoms with E-state index in [2.05, 4.69) is 10.5 Å². The van der Waals surface area contributed by atoms with Gasteiger partial charge in [-0.25, -0.2) is 0 Å². The summed E-state index contributed by atoms with van der Waals surface area (Å²) < 4.78 is 4.82. The molecule has 1 unspecified atom stereocenters. The Bertz CT molecular complexity index is 463. The highest BCUT2D eigenvalue weighted by Crippen LogP contribution is 2.17. The van der Waals surface area contributed by atoms with E-state index in [4.69, 9.17) is 9.63 Å². The number of halogens is 1. The molecule has 0 radical (unpaired) electrons. The maximum absolute atomic E-state index is 11.7. The lowest BCUT2D eigenvalue weighted by molar-refractivity contribution is -0.142. The van der Waals surface area contributed by atoms with Crippen molar-refractivity contribution >= 4 is 30.1 Å². The fourth-order valence-corrected chi connectivity index (χ4v) is 2.09. The SMILES string of the molecule is Cc1cc(NC(=O)CN2CCCC2C(=O)O)no1.Cl. The molecular formula is C11H16ClN3O4. The van der Waals surface area contributed by atoms with Crippen LogP contribution in [0.3, 0.4) is 0 Å². The molecule has 1 fully saturated rings. The summed E-state index contributed by atoms with van der Waals surface area (Å²) in [4.78, 5) is 24.3. The van der Waals surface area contributed by atoms with Gasteiger partial charge in [-0.05, 0) is 26.3 Å². The number of carbonyl (C=O) groups excluding carboxylic acids is 1. The third-order valence-corrected chi connectivity index (χ3v) is 2.89. The minimum absolute atomic E-state index is 0. The Morgan fingerprint density at radius 3 is 2.95 bits per heavy atom. The van der Waals surface area contributed by atoms with Crippen molar-refractivity contribution in [3.8, 4) is 0 Å². The van der Waals surface area contributed by atoms with Gasteiger partial charge in [0.1, 0.15) is 11.8 Å². The van der Waals surface area contributed by atoms with E-state index in [1.165, 1.54) is 0 Å². The van der Waals surface area contributed by atoms with Gasteiger partial charge in [0.15, 0.2) is 5.82 Å². The van der Waals surface area contributed by atoms with E-state index in [0.717, 1.165) is 6.42 Å². The first-order valence-corrected chi connectivity index (χ1v) is 5.76. The lowest BCUT2D eigenvalue weighted by Crippen LogP contribution is -2.40. The van der Waals surface area contributed by atoms with Crippen LogP contribution in [0, 0.1) is 6.92 Å². The van der Waals surface area contributed by atoms with Crippen LogP contribution < -0.4 is 5.32 Å². The fraction of sp³-hybridized carbons (Fsp3) is 0.545. The second kappa shape index (κ2) is 6.53. The molecule has 0 aliphatic carbocycles. The van der Waals surface area contributed by atoms with Crippen molar-refractivity contribution in [3.63, 3.8) is 0 Å². The summed E-state index contributed by atoms with van der Waals surface area (Å²) >= 11 is 0. The van der Waals surface area contributed by atoms with E-state index >= 15 is 0 Å². The summed E-state index contributed by atoms with van der Waals surface area (Å²) in [5.41, 5.74) is 0. The third-order valence-electron chi connectivity index (χ3n) is 2.89. The van der Waals surface area contributed by atoms with Gasteiger partial charge >= 0.3 is 5.97 Å². The van der Waals surface area contributed by atoms with E-state index in [1.54, 1.807) is 17.9 Å². The first-order chi connectivity index (χ1) is 8.56. The van der Waals surface area contributed by atoms with Gasteiger partial charge in [-0.3, -0.25) is 14.5 Å². The molecule has 19 heavy (non-hydrogen) atoms. The minimum atomic E-state index is -0.877. The van der Waals surface area contributed by atoms with E-state index in [0.29, 0.717) is 24.5 Å². The molecule has 1 aromatic heterocycles. The quantitative estimate of drug-likeness (QED) is 0.855. The van der Waals surface area contributed by atoms with Crippen molar-refractivity contribution < 1.29 is 19.2 Å². The van der Waals surface area contributed by atoms with E-state index < -0.39 is 12.0 Å². The molecule has 1 atom stereocenters. The minimum Gasteiger partial charge on any atom is -0.480 e. The number of likely N-dealkylation sites (tertiary alicyclic amines) is 1. The predicted octanol–water partition coefficient (Wildman–Crippen LogP) is 0.892. The number of carboxylic acid groups (broad SMARTS) is 1. The topological polar surface area (TPSA) is 95.7 Å². The number of carbonyl (C=O) groups is 2. The van der Waals surface area contributed by atoms with Gasteiger partial charge in [0.05, 0.1) is 6.54 Å². The average Bonchev–Trinajstić information content (AvgIpc) is 2.87. The van der Waals surface area contributed by atoms with Gasteiger partial charge in [0, 0.05) is 6.07 Å². The van der Waals surface area contributed by atoms with Crippen LogP contribution in [0.25, 0.3) is 0 Å². The molecule has 106 valence electrons. The highest BCUT2D eigenvalue weighted by Gasteiger charge is 2.31. The summed E-state index contributed by atoms with van der Waals surface area (Å²) in [6.07, 6.45) is 1.39. The molecule has 0 bridgehead atoms. The number of anilines is 1. The molecule has 0 aromatic carbocycles. The van der Waals surface area contributed by atoms with Gasteiger partial charge in [0.25, 0.3) is 0 Å². The number of aromatic nitrogens is 1. The summed E-state index contributed by atoms with van der Waals surface area (Å²) in [5.74, 6) is -0.201. The van der Waals surface area contributed by atoms with Crippen molar-refractivity contribution in [1.29, 1.82) is 0 Å². The summed E-state index contributed by atoms with van der Waals surface area (Å²) in [5, 5.41) is 15.2. The van der Waals surface area contributed by atoms with Crippen LogP contribution in [0.4, 0.5) is 5.82 Å². The maximum Gasteiger partial charge on any atom is 0.320 e. The number of hydrogen-bond donors (Lipinski definition) is 2. The normalized spacial score (nSPS) is 18.9. The van der Waals surface area contributed by atoms with E-state index in [1.807, 2.05) is 0 Å². The zero-order valence-electron chi connectivity index (χ0n) is 10.5. The monoisotopic (exact) mass is 289 g/mol. The molecule has 0 saturated carbocycles. The Morgan fingerprint density at radius 1 is 1.63 bits per heavy atom. The van der Waals surface area contributed by atoms with Crippen LogP contribution in [-0.2, 0) is 9.59 Å². The number of amides is 1. The molecule has 1 amide bonds. The smallest absolute Gasteiger partial charge is 0.320 e. The molecule has 2 N–H and O–H groups in total. The molecule has 8 heteroatoms. The summed E-state index contributed by atoms with van der Waals surface area (Å²) in [6.45, 7) is 2.41. The van der Waals surface area contributed by atoms with Crippen LogP contribution >= 0.6 is 12.4 Å². The number of aryl methyl sites for hydroxylation is 1. The largest absolute Gasteiger partial charge is 0.480 e. The van der Waals surface area contributed by atoms with Crippen LogP contribution in [0.15, 0.2) is 10.6 Å². The van der Waals surface area contributed by atoms with E-state index in [-0.39, 0.29) is 24.9 Å². The number of hydrogen-bond acceptors (Lipinski definition) is 5. The number of nitrogens with zero attached hydrogens (tertiary/aromatic N) is 2. The second-order valence-corrected chi connectivity index (χ2v) is 4.34. The highest BCUT2D eigenvalue weighted by molar-refractivity contribution is 5.91. The van der Waals surface area contributed by atoms with Gasteiger partial charge in [0.2, 0.25) is 5.91 Å². The number of nitrogens with one attached hydrogen (secondary N) is 1. The third kappa shape index (κ3) is 3.93. The van der Waals surface area contributed by atoms with Crippen LogP contribution in [0.2, 0.25) is 0 Å². The summed E-state index contributed by atoms with van der Waals surface area (Å²) in [6, 6.07) is 1.05. The van der Waals surface area contributed by atoms with Gasteiger partial charge in [-0.15, -0.1) is 12.4 Å². The van der Waals surface area contributed by atoms with Crippen molar-refractivity contribution in [2.45, 2.75) is 25.8 Å². The van der Waals surface area contributed by atoms with Gasteiger partial charge in [-0.1, -0.05) is 5.16 Å². The summed E-state index contributed by atoms with van der Waals surface area (Å²) in [7, 11) is 0. The van der Waals surface area contributed by atoms with Crippen molar-refractivity contribution in [1.82, 2.24) is 10.1 Å². The molecular weight excluding hydrogens is 274 g/mol. The second-order valence-electron chi connectivity index (χ2n) is 4.34. The van der Waals surface area contributed by atoms with Gasteiger partial charge in [-0.2, -0.15) is 0 Å². The van der Waals surface area contributed by atoms with Crippen LogP contribution in [0.1, 0.15) is 18.6 Å². The molecule has 7 nitrogen and oxygen atoms in total. The zero-order valence-corrected chi connectivity index (χ0v) is 11.3. The maximum atomic E-state index is 11.7. The Balaban J connectivity index is 0.00000180. The lowest BCUT2D eigenvalue weighted by atomic mass is 10.2. The highest BCUT2D eigenvalue weighted by atomic mass is 35.5. The van der Waals surface area contributed by atoms with Crippen LogP contribution in [0.5, 0.6) is 0 Å². The predicted molar refractivity (Wildman–Crippen MR) is 69.3 cm³/mol.